The molecule has 0 unspecified atom stereocenters. The van der Waals surface area contributed by atoms with E-state index in [2.05, 4.69) is 40.7 Å². The van der Waals surface area contributed by atoms with E-state index in [4.69, 9.17) is 9.63 Å². The number of amides is 1. The Kier molecular flexibility index (Phi) is 4.85. The number of carbonyl (C=O) groups is 1. The third kappa shape index (κ3) is 3.85. The predicted molar refractivity (Wildman–Crippen MR) is 86.9 cm³/mol. The van der Waals surface area contributed by atoms with E-state index in [0.29, 0.717) is 31.2 Å². The van der Waals surface area contributed by atoms with Crippen LogP contribution >= 0.6 is 11.8 Å². The van der Waals surface area contributed by atoms with Crippen molar-refractivity contribution in [3.8, 4) is 0 Å². The fourth-order valence-corrected chi connectivity index (χ4v) is 3.16. The molecule has 1 aromatic heterocycles. The zero-order valence-electron chi connectivity index (χ0n) is 12.9. The van der Waals surface area contributed by atoms with Crippen molar-refractivity contribution in [3.63, 3.8) is 0 Å². The molecule has 0 aliphatic carbocycles. The van der Waals surface area contributed by atoms with E-state index < -0.39 is 6.09 Å². The number of thioether (sulfide) groups is 1. The maximum atomic E-state index is 10.9. The second-order valence-electron chi connectivity index (χ2n) is 5.62. The largest absolute Gasteiger partial charge is 0.465 e. The summed E-state index contributed by atoms with van der Waals surface area (Å²) in [4.78, 5) is 18.1. The monoisotopic (exact) mass is 333 g/mol. The molecule has 0 bridgehead atoms. The van der Waals surface area contributed by atoms with Crippen LogP contribution in [0.4, 0.5) is 4.79 Å². The normalized spacial score (nSPS) is 15.8. The summed E-state index contributed by atoms with van der Waals surface area (Å²) in [6, 6.07) is 8.33. The number of aromatic nitrogens is 2. The quantitative estimate of drug-likeness (QED) is 0.865. The molecule has 7 heteroatoms. The minimum Gasteiger partial charge on any atom is -0.465 e. The van der Waals surface area contributed by atoms with Gasteiger partial charge < -0.3 is 14.5 Å². The maximum Gasteiger partial charge on any atom is 0.407 e. The van der Waals surface area contributed by atoms with Gasteiger partial charge in [0.05, 0.1) is 0 Å². The summed E-state index contributed by atoms with van der Waals surface area (Å²) < 4.78 is 5.39. The van der Waals surface area contributed by atoms with Gasteiger partial charge in [-0.1, -0.05) is 17.3 Å². The summed E-state index contributed by atoms with van der Waals surface area (Å²) in [6.07, 6.45) is 3.30. The van der Waals surface area contributed by atoms with Gasteiger partial charge in [-0.25, -0.2) is 4.79 Å². The van der Waals surface area contributed by atoms with Crippen molar-refractivity contribution in [2.75, 3.05) is 19.3 Å². The minimum absolute atomic E-state index is 0.158. The number of likely N-dealkylation sites (tertiary alicyclic amines) is 1. The molecule has 6 nitrogen and oxygen atoms in total. The molecule has 1 amide bonds. The number of benzene rings is 1. The first-order valence-electron chi connectivity index (χ1n) is 7.59. The van der Waals surface area contributed by atoms with E-state index in [1.54, 1.807) is 11.8 Å². The fourth-order valence-electron chi connectivity index (χ4n) is 2.75. The zero-order chi connectivity index (χ0) is 16.2. The average molecular weight is 333 g/mol. The maximum absolute atomic E-state index is 10.9. The Hall–Kier alpha value is -2.02. The molecule has 122 valence electrons. The first-order chi connectivity index (χ1) is 11.2. The lowest BCUT2D eigenvalue weighted by molar-refractivity contribution is 0.128. The third-order valence-corrected chi connectivity index (χ3v) is 4.86. The molecule has 1 N–H and O–H groups in total. The second kappa shape index (κ2) is 7.04. The number of hydrogen-bond donors (Lipinski definition) is 1. The Morgan fingerprint density at radius 2 is 2.04 bits per heavy atom. The fraction of sp³-hybridized carbons (Fsp3) is 0.438. The lowest BCUT2D eigenvalue weighted by Crippen LogP contribution is -2.36. The Morgan fingerprint density at radius 3 is 2.65 bits per heavy atom. The second-order valence-corrected chi connectivity index (χ2v) is 6.50. The molecule has 2 aromatic rings. The van der Waals surface area contributed by atoms with Crippen LogP contribution in [0.2, 0.25) is 0 Å². The SMILES string of the molecule is CSc1ccc(Cc2noc(C3CCN(C(=O)O)CC3)n2)cc1. The Labute approximate surface area is 138 Å². The number of carboxylic acid groups (broad SMARTS) is 1. The standard InChI is InChI=1S/C16H19N3O3S/c1-23-13-4-2-11(3-5-13)10-14-17-15(22-18-14)12-6-8-19(9-7-12)16(20)21/h2-5,12H,6-10H2,1H3,(H,20,21). The summed E-state index contributed by atoms with van der Waals surface area (Å²) in [5.74, 6) is 1.47. The van der Waals surface area contributed by atoms with Gasteiger partial charge in [0.25, 0.3) is 0 Å². The van der Waals surface area contributed by atoms with Crippen molar-refractivity contribution < 1.29 is 14.4 Å². The molecular weight excluding hydrogens is 314 g/mol. The van der Waals surface area contributed by atoms with Crippen molar-refractivity contribution >= 4 is 17.9 Å². The Balaban J connectivity index is 1.60. The smallest absolute Gasteiger partial charge is 0.407 e. The first-order valence-corrected chi connectivity index (χ1v) is 8.81. The van der Waals surface area contributed by atoms with Crippen molar-refractivity contribution in [2.24, 2.45) is 0 Å². The molecule has 0 radical (unpaired) electrons. The van der Waals surface area contributed by atoms with Crippen LogP contribution < -0.4 is 0 Å². The van der Waals surface area contributed by atoms with E-state index in [9.17, 15) is 4.79 Å². The Morgan fingerprint density at radius 1 is 1.35 bits per heavy atom. The van der Waals surface area contributed by atoms with Gasteiger partial charge in [-0.2, -0.15) is 4.98 Å². The number of rotatable bonds is 4. The number of hydrogen-bond acceptors (Lipinski definition) is 5. The van der Waals surface area contributed by atoms with Crippen LogP contribution in [0, 0.1) is 0 Å². The lowest BCUT2D eigenvalue weighted by atomic mass is 9.97. The van der Waals surface area contributed by atoms with E-state index in [1.165, 1.54) is 9.80 Å². The van der Waals surface area contributed by atoms with E-state index >= 15 is 0 Å². The molecule has 0 spiro atoms. The van der Waals surface area contributed by atoms with Crippen LogP contribution in [-0.4, -0.2) is 45.6 Å². The van der Waals surface area contributed by atoms with Crippen LogP contribution in [0.3, 0.4) is 0 Å². The highest BCUT2D eigenvalue weighted by atomic mass is 32.2. The van der Waals surface area contributed by atoms with Gasteiger partial charge in [0, 0.05) is 30.3 Å². The molecule has 0 atom stereocenters. The highest BCUT2D eigenvalue weighted by Crippen LogP contribution is 2.27. The molecule has 0 saturated carbocycles. The molecule has 3 rings (SSSR count). The molecule has 1 aliphatic heterocycles. The van der Waals surface area contributed by atoms with Gasteiger partial charge in [0.1, 0.15) is 0 Å². The van der Waals surface area contributed by atoms with Crippen LogP contribution in [0.5, 0.6) is 0 Å². The van der Waals surface area contributed by atoms with Crippen LogP contribution in [0.25, 0.3) is 0 Å². The van der Waals surface area contributed by atoms with Crippen molar-refractivity contribution in [1.82, 2.24) is 15.0 Å². The average Bonchev–Trinajstić information content (AvgIpc) is 3.04. The first kappa shape index (κ1) is 15.9. The van der Waals surface area contributed by atoms with Gasteiger partial charge in [-0.15, -0.1) is 11.8 Å². The Bertz CT molecular complexity index is 663. The molecular formula is C16H19N3O3S. The molecule has 23 heavy (non-hydrogen) atoms. The van der Waals surface area contributed by atoms with Crippen LogP contribution in [0.15, 0.2) is 33.7 Å². The van der Waals surface area contributed by atoms with Gasteiger partial charge >= 0.3 is 6.09 Å². The molecule has 1 saturated heterocycles. The summed E-state index contributed by atoms with van der Waals surface area (Å²) in [7, 11) is 0. The van der Waals surface area contributed by atoms with E-state index in [0.717, 1.165) is 18.4 Å². The topological polar surface area (TPSA) is 79.5 Å². The summed E-state index contributed by atoms with van der Waals surface area (Å²) >= 11 is 1.71. The summed E-state index contributed by atoms with van der Waals surface area (Å²) in [5, 5.41) is 13.0. The minimum atomic E-state index is -0.858. The molecule has 1 aliphatic rings. The van der Waals surface area contributed by atoms with Gasteiger partial charge in [-0.05, 0) is 36.8 Å². The molecule has 2 heterocycles. The predicted octanol–water partition coefficient (Wildman–Crippen LogP) is 3.24. The summed E-state index contributed by atoms with van der Waals surface area (Å²) in [5.41, 5.74) is 1.15. The molecule has 1 aromatic carbocycles. The highest BCUT2D eigenvalue weighted by Gasteiger charge is 2.27. The third-order valence-electron chi connectivity index (χ3n) is 4.12. The lowest BCUT2D eigenvalue weighted by Gasteiger charge is -2.27. The van der Waals surface area contributed by atoms with Gasteiger partial charge in [-0.3, -0.25) is 0 Å². The zero-order valence-corrected chi connectivity index (χ0v) is 13.8. The summed E-state index contributed by atoms with van der Waals surface area (Å²) in [6.45, 7) is 1.04. The van der Waals surface area contributed by atoms with Crippen LogP contribution in [-0.2, 0) is 6.42 Å². The van der Waals surface area contributed by atoms with Crippen molar-refractivity contribution in [1.29, 1.82) is 0 Å². The van der Waals surface area contributed by atoms with Gasteiger partial charge in [0.15, 0.2) is 5.82 Å². The highest BCUT2D eigenvalue weighted by molar-refractivity contribution is 7.98. The van der Waals surface area contributed by atoms with Crippen molar-refractivity contribution in [3.05, 3.63) is 41.5 Å². The van der Waals surface area contributed by atoms with Crippen molar-refractivity contribution in [2.45, 2.75) is 30.1 Å². The van der Waals surface area contributed by atoms with Gasteiger partial charge in [0.2, 0.25) is 5.89 Å². The van der Waals surface area contributed by atoms with Crippen LogP contribution in [0.1, 0.15) is 36.0 Å². The number of piperidine rings is 1. The van der Waals surface area contributed by atoms with E-state index in [1.807, 2.05) is 0 Å². The number of nitrogens with zero attached hydrogens (tertiary/aromatic N) is 3. The molecule has 1 fully saturated rings. The van der Waals surface area contributed by atoms with E-state index in [-0.39, 0.29) is 5.92 Å².